The molecule has 1 unspecified atom stereocenters. The highest BCUT2D eigenvalue weighted by molar-refractivity contribution is 7.80. The largest absolute Gasteiger partial charge is 0.381 e. The van der Waals surface area contributed by atoms with Gasteiger partial charge in [0.15, 0.2) is 5.11 Å². The number of ether oxygens (including phenoxy) is 1. The fourth-order valence-electron chi connectivity index (χ4n) is 6.07. The molecular weight excluding hydrogens is 392 g/mol. The van der Waals surface area contributed by atoms with Gasteiger partial charge in [0.1, 0.15) is 0 Å². The van der Waals surface area contributed by atoms with Gasteiger partial charge in [-0.25, -0.2) is 0 Å². The lowest BCUT2D eigenvalue weighted by molar-refractivity contribution is -0.115. The molecule has 164 valence electrons. The lowest BCUT2D eigenvalue weighted by Gasteiger charge is -2.43. The van der Waals surface area contributed by atoms with Gasteiger partial charge >= 0.3 is 0 Å². The molecule has 4 rings (SSSR count). The molecule has 2 fully saturated rings. The summed E-state index contributed by atoms with van der Waals surface area (Å²) in [4.78, 5) is 13.3. The van der Waals surface area contributed by atoms with Crippen molar-refractivity contribution in [3.63, 3.8) is 0 Å². The smallest absolute Gasteiger partial charge is 0.216 e. The Morgan fingerprint density at radius 1 is 1.23 bits per heavy atom. The fourth-order valence-corrected chi connectivity index (χ4v) is 6.44. The maximum absolute atomic E-state index is 11.7. The summed E-state index contributed by atoms with van der Waals surface area (Å²) in [6.07, 6.45) is 12.1. The SMILES string of the molecule is COC1CCC2(CC1)Cc1ccc(C3CCCC3)cc1C2NC(=S)N(C=O)C(C)C. The third kappa shape index (κ3) is 4.03. The number of hydrogen-bond donors (Lipinski definition) is 1. The van der Waals surface area contributed by atoms with E-state index in [4.69, 9.17) is 17.0 Å². The standard InChI is InChI=1S/C25H36N2O2S/c1-17(2)27(16-28)24(30)26-23-22-14-19(18-6-4-5-7-18)8-9-20(22)15-25(23)12-10-21(29-3)11-13-25/h8-9,14,16-18,21,23H,4-7,10-13,15H2,1-3H3,(H,26,30). The second-order valence-corrected chi connectivity index (χ2v) is 10.3. The average molecular weight is 429 g/mol. The van der Waals surface area contributed by atoms with Crippen LogP contribution in [0.5, 0.6) is 0 Å². The highest BCUT2D eigenvalue weighted by Gasteiger charge is 2.48. The van der Waals surface area contributed by atoms with Crippen LogP contribution < -0.4 is 5.32 Å². The van der Waals surface area contributed by atoms with Crippen molar-refractivity contribution in [1.29, 1.82) is 0 Å². The van der Waals surface area contributed by atoms with Gasteiger partial charge in [0, 0.05) is 13.2 Å². The Morgan fingerprint density at radius 2 is 1.93 bits per heavy atom. The minimum Gasteiger partial charge on any atom is -0.381 e. The van der Waals surface area contributed by atoms with Crippen molar-refractivity contribution in [1.82, 2.24) is 10.2 Å². The zero-order valence-corrected chi connectivity index (χ0v) is 19.5. The van der Waals surface area contributed by atoms with Crippen molar-refractivity contribution >= 4 is 23.7 Å². The molecule has 0 aromatic heterocycles. The van der Waals surface area contributed by atoms with Crippen LogP contribution in [0.15, 0.2) is 18.2 Å². The Labute approximate surface area is 186 Å². The molecule has 1 aromatic rings. The molecule has 30 heavy (non-hydrogen) atoms. The van der Waals surface area contributed by atoms with Crippen LogP contribution in [-0.2, 0) is 16.0 Å². The topological polar surface area (TPSA) is 41.6 Å². The molecule has 1 amide bonds. The van der Waals surface area contributed by atoms with Crippen LogP contribution in [0.1, 0.15) is 93.9 Å². The van der Waals surface area contributed by atoms with Crippen molar-refractivity contribution in [3.05, 3.63) is 34.9 Å². The van der Waals surface area contributed by atoms with E-state index in [1.165, 1.54) is 42.4 Å². The van der Waals surface area contributed by atoms with E-state index in [0.29, 0.717) is 17.1 Å². The molecule has 0 saturated heterocycles. The number of thiocarbonyl (C=S) groups is 1. The van der Waals surface area contributed by atoms with E-state index >= 15 is 0 Å². The first-order chi connectivity index (χ1) is 14.5. The van der Waals surface area contributed by atoms with E-state index in [1.807, 2.05) is 21.0 Å². The first-order valence-electron chi connectivity index (χ1n) is 11.7. The summed E-state index contributed by atoms with van der Waals surface area (Å²) in [5, 5.41) is 4.22. The Morgan fingerprint density at radius 3 is 2.53 bits per heavy atom. The summed E-state index contributed by atoms with van der Waals surface area (Å²) in [5.41, 5.74) is 4.51. The van der Waals surface area contributed by atoms with Crippen LogP contribution >= 0.6 is 12.2 Å². The molecule has 1 N–H and O–H groups in total. The number of nitrogens with zero attached hydrogens (tertiary/aromatic N) is 1. The highest BCUT2D eigenvalue weighted by Crippen LogP contribution is 2.55. The minimum atomic E-state index is 0.0494. The van der Waals surface area contributed by atoms with Gasteiger partial charge in [-0.05, 0) is 99.0 Å². The third-order valence-electron chi connectivity index (χ3n) is 7.90. The molecule has 0 bridgehead atoms. The highest BCUT2D eigenvalue weighted by atomic mass is 32.1. The Balaban J connectivity index is 1.65. The predicted molar refractivity (Wildman–Crippen MR) is 125 cm³/mol. The summed E-state index contributed by atoms with van der Waals surface area (Å²) in [6, 6.07) is 7.42. The zero-order chi connectivity index (χ0) is 21.3. The van der Waals surface area contributed by atoms with Crippen LogP contribution in [0.2, 0.25) is 0 Å². The van der Waals surface area contributed by atoms with E-state index in [0.717, 1.165) is 38.5 Å². The number of carbonyl (C=O) groups is 1. The molecule has 0 radical (unpaired) electrons. The second-order valence-electron chi connectivity index (χ2n) is 9.90. The number of nitrogens with one attached hydrogen (secondary N) is 1. The Bertz CT molecular complexity index is 779. The maximum Gasteiger partial charge on any atom is 0.216 e. The van der Waals surface area contributed by atoms with Crippen molar-refractivity contribution in [2.24, 2.45) is 5.41 Å². The van der Waals surface area contributed by atoms with Crippen LogP contribution in [-0.4, -0.2) is 35.7 Å². The van der Waals surface area contributed by atoms with E-state index in [-0.39, 0.29) is 17.5 Å². The molecule has 1 spiro atoms. The Kier molecular flexibility index (Phi) is 6.50. The number of methoxy groups -OCH3 is 1. The first kappa shape index (κ1) is 21.8. The molecule has 2 saturated carbocycles. The number of hydrogen-bond acceptors (Lipinski definition) is 3. The van der Waals surface area contributed by atoms with Crippen LogP contribution in [0.4, 0.5) is 0 Å². The molecule has 1 aromatic carbocycles. The van der Waals surface area contributed by atoms with Gasteiger partial charge < -0.3 is 10.1 Å². The van der Waals surface area contributed by atoms with Gasteiger partial charge in [0.2, 0.25) is 6.41 Å². The molecule has 1 atom stereocenters. The molecule has 5 heteroatoms. The first-order valence-corrected chi connectivity index (χ1v) is 12.1. The molecule has 3 aliphatic rings. The predicted octanol–water partition coefficient (Wildman–Crippen LogP) is 5.26. The third-order valence-corrected chi connectivity index (χ3v) is 8.23. The van der Waals surface area contributed by atoms with E-state index in [1.54, 1.807) is 4.90 Å². The quantitative estimate of drug-likeness (QED) is 0.513. The van der Waals surface area contributed by atoms with Crippen LogP contribution in [0.3, 0.4) is 0 Å². The molecule has 4 nitrogen and oxygen atoms in total. The normalized spacial score (nSPS) is 28.7. The monoisotopic (exact) mass is 428 g/mol. The lowest BCUT2D eigenvalue weighted by Crippen LogP contribution is -2.48. The van der Waals surface area contributed by atoms with Gasteiger partial charge in [0.05, 0.1) is 12.1 Å². The number of benzene rings is 1. The van der Waals surface area contributed by atoms with Gasteiger partial charge in [-0.15, -0.1) is 0 Å². The van der Waals surface area contributed by atoms with Crippen molar-refractivity contribution < 1.29 is 9.53 Å². The van der Waals surface area contributed by atoms with E-state index in [2.05, 4.69) is 23.5 Å². The van der Waals surface area contributed by atoms with Gasteiger partial charge in [-0.3, -0.25) is 9.69 Å². The summed E-state index contributed by atoms with van der Waals surface area (Å²) in [7, 11) is 1.83. The minimum absolute atomic E-state index is 0.0494. The second kappa shape index (κ2) is 8.96. The molecule has 0 aliphatic heterocycles. The number of rotatable bonds is 5. The lowest BCUT2D eigenvalue weighted by atomic mass is 9.68. The number of amides is 1. The fraction of sp³-hybridized carbons (Fsp3) is 0.680. The molecule has 0 heterocycles. The molecule has 3 aliphatic carbocycles. The summed E-state index contributed by atoms with van der Waals surface area (Å²) in [6.45, 7) is 4.01. The zero-order valence-electron chi connectivity index (χ0n) is 18.7. The summed E-state index contributed by atoms with van der Waals surface area (Å²) < 4.78 is 5.66. The number of carbonyl (C=O) groups excluding carboxylic acids is 1. The average Bonchev–Trinajstić information content (AvgIpc) is 3.36. The van der Waals surface area contributed by atoms with Gasteiger partial charge in [-0.1, -0.05) is 31.0 Å². The van der Waals surface area contributed by atoms with Crippen LogP contribution in [0.25, 0.3) is 0 Å². The maximum atomic E-state index is 11.7. The van der Waals surface area contributed by atoms with Crippen LogP contribution in [0, 0.1) is 5.41 Å². The summed E-state index contributed by atoms with van der Waals surface area (Å²) >= 11 is 5.71. The number of fused-ring (bicyclic) bond motifs is 1. The molecular formula is C25H36N2O2S. The van der Waals surface area contributed by atoms with Gasteiger partial charge in [0.25, 0.3) is 0 Å². The van der Waals surface area contributed by atoms with Crippen molar-refractivity contribution in [2.75, 3.05) is 7.11 Å². The van der Waals surface area contributed by atoms with Crippen molar-refractivity contribution in [2.45, 2.75) is 95.7 Å². The van der Waals surface area contributed by atoms with E-state index < -0.39 is 0 Å². The summed E-state index contributed by atoms with van der Waals surface area (Å²) in [5.74, 6) is 0.700. The van der Waals surface area contributed by atoms with Crippen molar-refractivity contribution in [3.8, 4) is 0 Å². The van der Waals surface area contributed by atoms with E-state index in [9.17, 15) is 4.79 Å². The Hall–Kier alpha value is -1.46. The van der Waals surface area contributed by atoms with Gasteiger partial charge in [-0.2, -0.15) is 0 Å².